The second-order valence-corrected chi connectivity index (χ2v) is 8.00. The molecule has 104 valence electrons. The van der Waals surface area contributed by atoms with Crippen LogP contribution in [0.25, 0.3) is 0 Å². The van der Waals surface area contributed by atoms with Crippen molar-refractivity contribution in [3.63, 3.8) is 0 Å². The minimum Gasteiger partial charge on any atom is -0.372 e. The Morgan fingerprint density at radius 3 is 2.33 bits per heavy atom. The molecule has 2 aliphatic carbocycles. The first-order valence-electron chi connectivity index (χ1n) is 7.59. The second kappa shape index (κ2) is 3.73. The largest absolute Gasteiger partial charge is 0.372 e. The van der Waals surface area contributed by atoms with Gasteiger partial charge in [-0.25, -0.2) is 0 Å². The van der Waals surface area contributed by atoms with Gasteiger partial charge in [-0.3, -0.25) is 0 Å². The van der Waals surface area contributed by atoms with Crippen molar-refractivity contribution in [3.8, 4) is 0 Å². The van der Waals surface area contributed by atoms with Gasteiger partial charge >= 0.3 is 0 Å². The fourth-order valence-corrected chi connectivity index (χ4v) is 3.78. The Kier molecular flexibility index (Phi) is 2.68. The molecule has 0 amide bonds. The fourth-order valence-electron chi connectivity index (χ4n) is 3.78. The molecular weight excluding hydrogens is 224 g/mol. The molecule has 3 aliphatic rings. The number of hydrogen-bond acceptors (Lipinski definition) is 2. The summed E-state index contributed by atoms with van der Waals surface area (Å²) in [4.78, 5) is 0. The van der Waals surface area contributed by atoms with E-state index in [-0.39, 0.29) is 11.2 Å². The summed E-state index contributed by atoms with van der Waals surface area (Å²) in [6.45, 7) is 12.2. The third kappa shape index (κ3) is 2.02. The average molecular weight is 252 g/mol. The molecule has 0 N–H and O–H groups in total. The zero-order valence-electron chi connectivity index (χ0n) is 12.6. The Bertz CT molecular complexity index is 349. The number of epoxide rings is 1. The zero-order chi connectivity index (χ0) is 13.2. The Morgan fingerprint density at radius 1 is 1.17 bits per heavy atom. The maximum Gasteiger partial charge on any atom is 0.110 e. The van der Waals surface area contributed by atoms with Crippen LogP contribution >= 0.6 is 0 Å². The first-order chi connectivity index (χ1) is 8.28. The van der Waals surface area contributed by atoms with Crippen LogP contribution in [-0.4, -0.2) is 23.9 Å². The minimum atomic E-state index is 0.0565. The van der Waals surface area contributed by atoms with Gasteiger partial charge in [-0.05, 0) is 56.8 Å². The van der Waals surface area contributed by atoms with Crippen molar-refractivity contribution in [1.82, 2.24) is 0 Å². The van der Waals surface area contributed by atoms with Crippen molar-refractivity contribution < 1.29 is 9.47 Å². The van der Waals surface area contributed by atoms with Crippen LogP contribution in [0.3, 0.4) is 0 Å². The van der Waals surface area contributed by atoms with Crippen molar-refractivity contribution in [1.29, 1.82) is 0 Å². The van der Waals surface area contributed by atoms with Crippen LogP contribution in [0.2, 0.25) is 0 Å². The van der Waals surface area contributed by atoms with E-state index >= 15 is 0 Å². The summed E-state index contributed by atoms with van der Waals surface area (Å²) in [5, 5.41) is 0. The average Bonchev–Trinajstić information content (AvgIpc) is 3.10. The lowest BCUT2D eigenvalue weighted by Crippen LogP contribution is -2.43. The molecule has 0 aromatic heterocycles. The molecule has 0 aromatic rings. The number of ether oxygens (including phenoxy) is 2. The standard InChI is InChI=1S/C16H28O2/c1-11(2)16(17-10-13-14(3,4)18-13)7-6-15(5)8-12(15)9-16/h11-13H,6-10H2,1-5H3. The number of fused-ring (bicyclic) bond motifs is 1. The van der Waals surface area contributed by atoms with E-state index in [0.29, 0.717) is 17.4 Å². The molecule has 1 heterocycles. The molecular formula is C16H28O2. The van der Waals surface area contributed by atoms with E-state index in [9.17, 15) is 0 Å². The lowest BCUT2D eigenvalue weighted by molar-refractivity contribution is -0.112. The molecule has 0 bridgehead atoms. The summed E-state index contributed by atoms with van der Waals surface area (Å²) < 4.78 is 12.1. The summed E-state index contributed by atoms with van der Waals surface area (Å²) in [5.41, 5.74) is 0.848. The van der Waals surface area contributed by atoms with Crippen LogP contribution < -0.4 is 0 Å². The highest BCUT2D eigenvalue weighted by Gasteiger charge is 2.59. The molecule has 3 fully saturated rings. The van der Waals surface area contributed by atoms with Crippen molar-refractivity contribution in [2.24, 2.45) is 17.3 Å². The Balaban J connectivity index is 1.62. The molecule has 4 unspecified atom stereocenters. The second-order valence-electron chi connectivity index (χ2n) is 8.00. The first kappa shape index (κ1) is 12.9. The van der Waals surface area contributed by atoms with Crippen LogP contribution in [-0.2, 0) is 9.47 Å². The van der Waals surface area contributed by atoms with Crippen molar-refractivity contribution in [2.75, 3.05) is 6.61 Å². The van der Waals surface area contributed by atoms with Crippen LogP contribution in [0.15, 0.2) is 0 Å². The van der Waals surface area contributed by atoms with Gasteiger partial charge in [0.2, 0.25) is 0 Å². The van der Waals surface area contributed by atoms with Gasteiger partial charge in [-0.1, -0.05) is 20.8 Å². The summed E-state index contributed by atoms with van der Waals surface area (Å²) in [5.74, 6) is 1.53. The third-order valence-electron chi connectivity index (χ3n) is 5.99. The first-order valence-corrected chi connectivity index (χ1v) is 7.59. The molecule has 0 radical (unpaired) electrons. The Hall–Kier alpha value is -0.0800. The molecule has 0 spiro atoms. The summed E-state index contributed by atoms with van der Waals surface area (Å²) in [6.07, 6.45) is 5.61. The van der Waals surface area contributed by atoms with E-state index in [0.717, 1.165) is 12.5 Å². The van der Waals surface area contributed by atoms with Gasteiger partial charge < -0.3 is 9.47 Å². The highest BCUT2D eigenvalue weighted by molar-refractivity contribution is 5.09. The van der Waals surface area contributed by atoms with Gasteiger partial charge in [-0.2, -0.15) is 0 Å². The maximum absolute atomic E-state index is 6.41. The van der Waals surface area contributed by atoms with Gasteiger partial charge in [0.1, 0.15) is 6.10 Å². The van der Waals surface area contributed by atoms with Gasteiger partial charge in [0.05, 0.1) is 17.8 Å². The minimum absolute atomic E-state index is 0.0565. The predicted molar refractivity (Wildman–Crippen MR) is 72.5 cm³/mol. The molecule has 0 aromatic carbocycles. The van der Waals surface area contributed by atoms with E-state index in [1.165, 1.54) is 25.7 Å². The molecule has 2 heteroatoms. The zero-order valence-corrected chi connectivity index (χ0v) is 12.6. The van der Waals surface area contributed by atoms with Gasteiger partial charge in [0.15, 0.2) is 0 Å². The molecule has 1 aliphatic heterocycles. The van der Waals surface area contributed by atoms with E-state index < -0.39 is 0 Å². The highest BCUT2D eigenvalue weighted by atomic mass is 16.6. The monoisotopic (exact) mass is 252 g/mol. The van der Waals surface area contributed by atoms with Crippen molar-refractivity contribution in [2.45, 2.75) is 77.6 Å². The SMILES string of the molecule is CC(C)C1(OCC2OC2(C)C)CCC2(C)CC2C1. The molecule has 4 atom stereocenters. The molecule has 2 saturated carbocycles. The van der Waals surface area contributed by atoms with Crippen LogP contribution in [0.4, 0.5) is 0 Å². The summed E-state index contributed by atoms with van der Waals surface area (Å²) in [6, 6.07) is 0. The molecule has 18 heavy (non-hydrogen) atoms. The van der Waals surface area contributed by atoms with Crippen LogP contribution in [0.1, 0.15) is 60.3 Å². The Morgan fingerprint density at radius 2 is 1.83 bits per heavy atom. The van der Waals surface area contributed by atoms with Crippen LogP contribution in [0, 0.1) is 17.3 Å². The highest BCUT2D eigenvalue weighted by Crippen LogP contribution is 2.64. The van der Waals surface area contributed by atoms with Gasteiger partial charge in [-0.15, -0.1) is 0 Å². The summed E-state index contributed by atoms with van der Waals surface area (Å²) >= 11 is 0. The topological polar surface area (TPSA) is 21.8 Å². The van der Waals surface area contributed by atoms with Crippen LogP contribution in [0.5, 0.6) is 0 Å². The number of hydrogen-bond donors (Lipinski definition) is 0. The van der Waals surface area contributed by atoms with Gasteiger partial charge in [0.25, 0.3) is 0 Å². The molecule has 2 nitrogen and oxygen atoms in total. The van der Waals surface area contributed by atoms with E-state index in [1.54, 1.807) is 0 Å². The number of rotatable bonds is 4. The Labute approximate surface area is 111 Å². The quantitative estimate of drug-likeness (QED) is 0.710. The third-order valence-corrected chi connectivity index (χ3v) is 5.99. The van der Waals surface area contributed by atoms with E-state index in [4.69, 9.17) is 9.47 Å². The predicted octanol–water partition coefficient (Wildman–Crippen LogP) is 3.79. The van der Waals surface area contributed by atoms with E-state index in [1.807, 2.05) is 0 Å². The fraction of sp³-hybridized carbons (Fsp3) is 1.00. The molecule has 1 saturated heterocycles. The smallest absolute Gasteiger partial charge is 0.110 e. The summed E-state index contributed by atoms with van der Waals surface area (Å²) in [7, 11) is 0. The molecule has 3 rings (SSSR count). The maximum atomic E-state index is 6.41. The van der Waals surface area contributed by atoms with Gasteiger partial charge in [0, 0.05) is 0 Å². The normalized spacial score (nSPS) is 49.0. The van der Waals surface area contributed by atoms with Crippen molar-refractivity contribution >= 4 is 0 Å². The lowest BCUT2D eigenvalue weighted by atomic mass is 9.73. The van der Waals surface area contributed by atoms with E-state index in [2.05, 4.69) is 34.6 Å². The van der Waals surface area contributed by atoms with Crippen molar-refractivity contribution in [3.05, 3.63) is 0 Å². The lowest BCUT2D eigenvalue weighted by Gasteiger charge is -2.42.